The fraction of sp³-hybridized carbons (Fsp3) is 0.769. The highest BCUT2D eigenvalue weighted by Gasteiger charge is 2.27. The van der Waals surface area contributed by atoms with Crippen LogP contribution in [0.4, 0.5) is 0 Å². The number of thiazole rings is 1. The van der Waals surface area contributed by atoms with Crippen molar-refractivity contribution in [2.24, 2.45) is 11.7 Å². The molecule has 1 fully saturated rings. The van der Waals surface area contributed by atoms with E-state index >= 15 is 0 Å². The van der Waals surface area contributed by atoms with Crippen LogP contribution >= 0.6 is 11.3 Å². The van der Waals surface area contributed by atoms with Crippen LogP contribution in [0.5, 0.6) is 0 Å². The minimum atomic E-state index is 0.213. The molecular weight excluding hydrogens is 230 g/mol. The molecule has 1 aromatic rings. The van der Waals surface area contributed by atoms with Gasteiger partial charge in [0.2, 0.25) is 0 Å². The third kappa shape index (κ3) is 3.06. The number of hydrogen-bond acceptors (Lipinski definition) is 4. The van der Waals surface area contributed by atoms with Crippen molar-refractivity contribution in [1.82, 2.24) is 9.88 Å². The Kier molecular flexibility index (Phi) is 3.57. The van der Waals surface area contributed by atoms with Gasteiger partial charge in [-0.15, -0.1) is 11.3 Å². The number of likely N-dealkylation sites (tertiary alicyclic amines) is 1. The van der Waals surface area contributed by atoms with Crippen LogP contribution in [0.25, 0.3) is 0 Å². The lowest BCUT2D eigenvalue weighted by Gasteiger charge is -2.15. The molecule has 0 saturated carbocycles. The van der Waals surface area contributed by atoms with E-state index in [-0.39, 0.29) is 5.41 Å². The zero-order chi connectivity index (χ0) is 12.6. The predicted octanol–water partition coefficient (Wildman–Crippen LogP) is 2.22. The van der Waals surface area contributed by atoms with Gasteiger partial charge in [0.25, 0.3) is 0 Å². The fourth-order valence-corrected chi connectivity index (χ4v) is 3.16. The van der Waals surface area contributed by atoms with Crippen molar-refractivity contribution in [3.63, 3.8) is 0 Å². The predicted molar refractivity (Wildman–Crippen MR) is 73.2 cm³/mol. The second kappa shape index (κ2) is 4.67. The summed E-state index contributed by atoms with van der Waals surface area (Å²) in [7, 11) is 0. The topological polar surface area (TPSA) is 42.2 Å². The molecule has 3 nitrogen and oxygen atoms in total. The Balaban J connectivity index is 1.98. The number of nitrogens with zero attached hydrogens (tertiary/aromatic N) is 2. The highest BCUT2D eigenvalue weighted by molar-refractivity contribution is 7.11. The van der Waals surface area contributed by atoms with Gasteiger partial charge in [-0.25, -0.2) is 4.98 Å². The zero-order valence-corrected chi connectivity index (χ0v) is 12.0. The standard InChI is InChI=1S/C13H23N3S/c1-9-6-16(7-10(9)14)8-12-15-5-11(17-12)13(2,3)4/h5,9-10H,6-8,14H2,1-4H3. The van der Waals surface area contributed by atoms with Crippen molar-refractivity contribution in [3.8, 4) is 0 Å². The van der Waals surface area contributed by atoms with E-state index in [9.17, 15) is 0 Å². The fourth-order valence-electron chi connectivity index (χ4n) is 2.15. The number of hydrogen-bond donors (Lipinski definition) is 1. The quantitative estimate of drug-likeness (QED) is 0.879. The van der Waals surface area contributed by atoms with Gasteiger partial charge >= 0.3 is 0 Å². The summed E-state index contributed by atoms with van der Waals surface area (Å²) in [6, 6.07) is 0.331. The van der Waals surface area contributed by atoms with Gasteiger partial charge in [0.15, 0.2) is 0 Å². The van der Waals surface area contributed by atoms with Crippen molar-refractivity contribution < 1.29 is 0 Å². The van der Waals surface area contributed by atoms with Gasteiger partial charge in [0.05, 0.1) is 6.54 Å². The van der Waals surface area contributed by atoms with Gasteiger partial charge in [0.1, 0.15) is 5.01 Å². The number of aromatic nitrogens is 1. The van der Waals surface area contributed by atoms with Gasteiger partial charge in [0, 0.05) is 30.2 Å². The van der Waals surface area contributed by atoms with Crippen LogP contribution in [0.15, 0.2) is 6.20 Å². The minimum absolute atomic E-state index is 0.213. The first-order valence-electron chi connectivity index (χ1n) is 6.29. The summed E-state index contributed by atoms with van der Waals surface area (Å²) in [6.07, 6.45) is 2.03. The van der Waals surface area contributed by atoms with Crippen molar-refractivity contribution in [2.45, 2.75) is 45.7 Å². The summed E-state index contributed by atoms with van der Waals surface area (Å²) in [6.45, 7) is 12.0. The molecule has 17 heavy (non-hydrogen) atoms. The van der Waals surface area contributed by atoms with E-state index in [1.165, 1.54) is 9.88 Å². The van der Waals surface area contributed by atoms with Crippen LogP contribution < -0.4 is 5.73 Å². The van der Waals surface area contributed by atoms with Gasteiger partial charge in [-0.2, -0.15) is 0 Å². The first-order chi connectivity index (χ1) is 7.86. The molecule has 1 aliphatic heterocycles. The van der Waals surface area contributed by atoms with Crippen molar-refractivity contribution in [1.29, 1.82) is 0 Å². The number of nitrogens with two attached hydrogens (primary N) is 1. The molecule has 0 bridgehead atoms. The molecular formula is C13H23N3S. The Morgan fingerprint density at radius 3 is 2.65 bits per heavy atom. The van der Waals surface area contributed by atoms with Crippen LogP contribution in [-0.2, 0) is 12.0 Å². The molecule has 2 heterocycles. The van der Waals surface area contributed by atoms with Crippen LogP contribution in [0.1, 0.15) is 37.6 Å². The molecule has 2 N–H and O–H groups in total. The van der Waals surface area contributed by atoms with E-state index in [2.05, 4.69) is 37.6 Å². The molecule has 0 amide bonds. The van der Waals surface area contributed by atoms with Gasteiger partial charge < -0.3 is 5.73 Å². The molecule has 0 aromatic carbocycles. The molecule has 2 unspecified atom stereocenters. The molecule has 2 atom stereocenters. The smallest absolute Gasteiger partial charge is 0.107 e. The van der Waals surface area contributed by atoms with E-state index in [1.807, 2.05) is 17.5 Å². The van der Waals surface area contributed by atoms with Gasteiger partial charge in [-0.1, -0.05) is 27.7 Å². The monoisotopic (exact) mass is 253 g/mol. The maximum Gasteiger partial charge on any atom is 0.107 e. The van der Waals surface area contributed by atoms with Crippen molar-refractivity contribution in [2.75, 3.05) is 13.1 Å². The van der Waals surface area contributed by atoms with E-state index in [0.29, 0.717) is 12.0 Å². The molecule has 4 heteroatoms. The Bertz CT molecular complexity index is 370. The first kappa shape index (κ1) is 13.0. The second-order valence-electron chi connectivity index (χ2n) is 6.20. The lowest BCUT2D eigenvalue weighted by atomic mass is 9.96. The van der Waals surface area contributed by atoms with Crippen LogP contribution in [0.3, 0.4) is 0 Å². The molecule has 1 saturated heterocycles. The normalized spacial score (nSPS) is 26.6. The maximum atomic E-state index is 6.04. The molecule has 1 aromatic heterocycles. The van der Waals surface area contributed by atoms with E-state index in [4.69, 9.17) is 5.73 Å². The lowest BCUT2D eigenvalue weighted by Crippen LogP contribution is -2.28. The third-order valence-electron chi connectivity index (χ3n) is 3.40. The molecule has 0 radical (unpaired) electrons. The highest BCUT2D eigenvalue weighted by atomic mass is 32.1. The highest BCUT2D eigenvalue weighted by Crippen LogP contribution is 2.28. The Morgan fingerprint density at radius 1 is 1.47 bits per heavy atom. The SMILES string of the molecule is CC1CN(Cc2ncc(C(C)(C)C)s2)CC1N. The Morgan fingerprint density at radius 2 is 2.18 bits per heavy atom. The number of rotatable bonds is 2. The van der Waals surface area contributed by atoms with Gasteiger partial charge in [-0.05, 0) is 11.3 Å². The Hall–Kier alpha value is -0.450. The summed E-state index contributed by atoms with van der Waals surface area (Å²) in [5, 5.41) is 1.22. The molecule has 0 spiro atoms. The Labute approximate surface area is 108 Å². The lowest BCUT2D eigenvalue weighted by molar-refractivity contribution is 0.318. The average Bonchev–Trinajstić information content (AvgIpc) is 2.75. The first-order valence-corrected chi connectivity index (χ1v) is 7.11. The van der Waals surface area contributed by atoms with E-state index in [0.717, 1.165) is 19.6 Å². The zero-order valence-electron chi connectivity index (χ0n) is 11.2. The van der Waals surface area contributed by atoms with E-state index < -0.39 is 0 Å². The third-order valence-corrected chi connectivity index (χ3v) is 4.81. The van der Waals surface area contributed by atoms with Gasteiger partial charge in [-0.3, -0.25) is 4.90 Å². The summed E-state index contributed by atoms with van der Waals surface area (Å²) < 4.78 is 0. The second-order valence-corrected chi connectivity index (χ2v) is 7.32. The molecule has 96 valence electrons. The summed E-state index contributed by atoms with van der Waals surface area (Å²) in [4.78, 5) is 8.31. The van der Waals surface area contributed by atoms with Crippen LogP contribution in [-0.4, -0.2) is 29.0 Å². The molecule has 1 aliphatic rings. The van der Waals surface area contributed by atoms with Crippen LogP contribution in [0.2, 0.25) is 0 Å². The molecule has 0 aliphatic carbocycles. The summed E-state index contributed by atoms with van der Waals surface area (Å²) in [5.74, 6) is 0.608. The maximum absolute atomic E-state index is 6.04. The largest absolute Gasteiger partial charge is 0.326 e. The van der Waals surface area contributed by atoms with E-state index in [1.54, 1.807) is 0 Å². The van der Waals surface area contributed by atoms with Crippen LogP contribution in [0, 0.1) is 5.92 Å². The average molecular weight is 253 g/mol. The van der Waals surface area contributed by atoms with Crippen molar-refractivity contribution in [3.05, 3.63) is 16.1 Å². The summed E-state index contributed by atoms with van der Waals surface area (Å²) >= 11 is 1.84. The van der Waals surface area contributed by atoms with Crippen molar-refractivity contribution >= 4 is 11.3 Å². The summed E-state index contributed by atoms with van der Waals surface area (Å²) in [5.41, 5.74) is 6.25. The minimum Gasteiger partial charge on any atom is -0.326 e. The molecule has 2 rings (SSSR count).